The van der Waals surface area contributed by atoms with E-state index < -0.39 is 6.09 Å². The van der Waals surface area contributed by atoms with Gasteiger partial charge < -0.3 is 25.2 Å². The van der Waals surface area contributed by atoms with Crippen LogP contribution in [-0.2, 0) is 27.2 Å². The lowest BCUT2D eigenvalue weighted by molar-refractivity contribution is -0.123. The second-order valence-electron chi connectivity index (χ2n) is 8.76. The second-order valence-corrected chi connectivity index (χ2v) is 8.76. The molecule has 0 saturated carbocycles. The number of aryl methyl sites for hydroxylation is 2. The van der Waals surface area contributed by atoms with Crippen molar-refractivity contribution in [2.75, 3.05) is 36.5 Å². The third-order valence-corrected chi connectivity index (χ3v) is 6.26. The molecule has 2 aromatic rings. The molecule has 0 bridgehead atoms. The average Bonchev–Trinajstić information content (AvgIpc) is 3.44. The predicted molar refractivity (Wildman–Crippen MR) is 125 cm³/mol. The number of carbonyl (C=O) groups excluding carboxylic acids is 2. The number of rotatable bonds is 6. The normalized spacial score (nSPS) is 19.9. The summed E-state index contributed by atoms with van der Waals surface area (Å²) in [5, 5.41) is 12.9. The molecule has 36 heavy (non-hydrogen) atoms. The number of amides is 2. The van der Waals surface area contributed by atoms with Crippen molar-refractivity contribution in [3.63, 3.8) is 0 Å². The van der Waals surface area contributed by atoms with Crippen LogP contribution in [0.4, 0.5) is 20.8 Å². The van der Waals surface area contributed by atoms with E-state index in [4.69, 9.17) is 19.4 Å². The van der Waals surface area contributed by atoms with Crippen LogP contribution < -0.4 is 20.3 Å². The molecule has 12 nitrogen and oxygen atoms in total. The van der Waals surface area contributed by atoms with Gasteiger partial charge in [-0.2, -0.15) is 0 Å². The summed E-state index contributed by atoms with van der Waals surface area (Å²) in [5.74, 6) is 0.537. The van der Waals surface area contributed by atoms with Gasteiger partial charge in [0, 0.05) is 5.69 Å². The number of carbonyl (C=O) groups is 3. The Kier molecular flexibility index (Phi) is 7.58. The summed E-state index contributed by atoms with van der Waals surface area (Å²) in [6.07, 6.45) is 2.80. The number of pyridine rings is 1. The van der Waals surface area contributed by atoms with Crippen molar-refractivity contribution in [2.24, 2.45) is 5.92 Å². The number of nitrogens with one attached hydrogen (secondary N) is 2. The van der Waals surface area contributed by atoms with Crippen LogP contribution in [-0.4, -0.2) is 70.9 Å². The van der Waals surface area contributed by atoms with E-state index in [1.807, 2.05) is 6.92 Å². The van der Waals surface area contributed by atoms with E-state index in [9.17, 15) is 14.0 Å². The lowest BCUT2D eigenvalue weighted by Gasteiger charge is -2.18. The van der Waals surface area contributed by atoms with Crippen molar-refractivity contribution in [3.8, 4) is 5.88 Å². The number of nitrogens with zero attached hydrogens (tertiary/aromatic N) is 4. The fourth-order valence-electron chi connectivity index (χ4n) is 4.63. The molecule has 4 heterocycles. The molecule has 2 aliphatic heterocycles. The highest BCUT2D eigenvalue weighted by Gasteiger charge is 2.34. The number of aromatic nitrogens is 3. The number of fused-ring (bicyclic) bond motifs is 2. The molecule has 1 fully saturated rings. The van der Waals surface area contributed by atoms with Gasteiger partial charge in [-0.25, -0.2) is 19.2 Å². The summed E-state index contributed by atoms with van der Waals surface area (Å²) in [5.41, 5.74) is 3.23. The van der Waals surface area contributed by atoms with Crippen molar-refractivity contribution in [1.82, 2.24) is 20.3 Å². The van der Waals surface area contributed by atoms with Gasteiger partial charge in [0.1, 0.15) is 11.9 Å². The van der Waals surface area contributed by atoms with Gasteiger partial charge >= 0.3 is 6.09 Å². The molecule has 0 spiro atoms. The Morgan fingerprint density at radius 2 is 2.00 bits per heavy atom. The van der Waals surface area contributed by atoms with E-state index in [0.29, 0.717) is 43.4 Å². The molecule has 5 rings (SSSR count). The maximum absolute atomic E-state index is 14.4. The van der Waals surface area contributed by atoms with Crippen molar-refractivity contribution < 1.29 is 33.4 Å². The summed E-state index contributed by atoms with van der Waals surface area (Å²) in [6.45, 7) is 5.05. The number of hydrogen-bond donors (Lipinski definition) is 3. The summed E-state index contributed by atoms with van der Waals surface area (Å²) in [7, 11) is 0. The van der Waals surface area contributed by atoms with Gasteiger partial charge in [-0.15, -0.1) is 0 Å². The van der Waals surface area contributed by atoms with Crippen LogP contribution in [0.15, 0.2) is 6.20 Å². The van der Waals surface area contributed by atoms with E-state index in [-0.39, 0.29) is 42.6 Å². The Hall–Kier alpha value is -3.87. The van der Waals surface area contributed by atoms with Gasteiger partial charge in [0.05, 0.1) is 18.4 Å². The topological polar surface area (TPSA) is 156 Å². The zero-order chi connectivity index (χ0) is 25.8. The third-order valence-electron chi connectivity index (χ3n) is 6.26. The Morgan fingerprint density at radius 1 is 1.25 bits per heavy atom. The first kappa shape index (κ1) is 25.2. The van der Waals surface area contributed by atoms with Crippen molar-refractivity contribution in [3.05, 3.63) is 34.5 Å². The molecule has 2 unspecified atom stereocenters. The van der Waals surface area contributed by atoms with Gasteiger partial charge in [0.25, 0.3) is 18.3 Å². The van der Waals surface area contributed by atoms with Crippen LogP contribution >= 0.6 is 0 Å². The SMILES string of the molecule is Cc1nc(C)c2c(c1F)CC(CNCCC1CN(c3cnc4c(n3)NC(=O)CO4)C(=O)O1)C2.O=CO. The molecule has 3 N–H and O–H groups in total. The van der Waals surface area contributed by atoms with E-state index in [0.717, 1.165) is 29.8 Å². The van der Waals surface area contributed by atoms with Gasteiger partial charge in [0.15, 0.2) is 18.2 Å². The quantitative estimate of drug-likeness (QED) is 0.390. The highest BCUT2D eigenvalue weighted by molar-refractivity contribution is 5.94. The Labute approximate surface area is 206 Å². The maximum atomic E-state index is 14.4. The number of carboxylic acid groups (broad SMARTS) is 1. The molecule has 192 valence electrons. The standard InChI is InChI=1S/C22H25FN6O4.CH2O2/c1-11-15-5-13(6-16(15)19(23)12(2)26-11)7-24-4-3-14-9-29(22(31)33-14)17-8-25-21-20(27-17)28-18(30)10-32-21;2-1-3/h8,13-14,24H,3-7,9-10H2,1-2H3,(H,27,28,30);1H,(H,2,3). The van der Waals surface area contributed by atoms with E-state index in [1.54, 1.807) is 6.92 Å². The van der Waals surface area contributed by atoms with E-state index >= 15 is 0 Å². The first-order valence-electron chi connectivity index (χ1n) is 11.5. The molecule has 2 atom stereocenters. The van der Waals surface area contributed by atoms with Gasteiger partial charge in [-0.1, -0.05) is 0 Å². The lowest BCUT2D eigenvalue weighted by Crippen LogP contribution is -2.30. The first-order valence-corrected chi connectivity index (χ1v) is 11.5. The highest BCUT2D eigenvalue weighted by Crippen LogP contribution is 2.31. The Morgan fingerprint density at radius 3 is 2.78 bits per heavy atom. The molecule has 0 aromatic carbocycles. The van der Waals surface area contributed by atoms with Crippen LogP contribution in [0.3, 0.4) is 0 Å². The molecule has 2 amide bonds. The summed E-state index contributed by atoms with van der Waals surface area (Å²) < 4.78 is 25.1. The second kappa shape index (κ2) is 10.8. The predicted octanol–water partition coefficient (Wildman–Crippen LogP) is 1.38. The van der Waals surface area contributed by atoms with Crippen molar-refractivity contribution in [1.29, 1.82) is 0 Å². The van der Waals surface area contributed by atoms with Gasteiger partial charge in [0.2, 0.25) is 0 Å². The zero-order valence-corrected chi connectivity index (χ0v) is 19.9. The van der Waals surface area contributed by atoms with Crippen LogP contribution in [0.2, 0.25) is 0 Å². The fourth-order valence-corrected chi connectivity index (χ4v) is 4.63. The lowest BCUT2D eigenvalue weighted by atomic mass is 10.1. The molecule has 0 radical (unpaired) electrons. The molecule has 1 saturated heterocycles. The van der Waals surface area contributed by atoms with Crippen LogP contribution in [0.5, 0.6) is 5.88 Å². The smallest absolute Gasteiger partial charge is 0.415 e. The van der Waals surface area contributed by atoms with Crippen LogP contribution in [0.25, 0.3) is 0 Å². The Bertz CT molecular complexity index is 1180. The van der Waals surface area contributed by atoms with E-state index in [1.165, 1.54) is 11.1 Å². The molecule has 3 aliphatic rings. The van der Waals surface area contributed by atoms with Crippen molar-refractivity contribution in [2.45, 2.75) is 39.2 Å². The van der Waals surface area contributed by atoms with Gasteiger partial charge in [-0.3, -0.25) is 19.5 Å². The number of hydrogen-bond acceptors (Lipinski definition) is 9. The third kappa shape index (κ3) is 5.35. The highest BCUT2D eigenvalue weighted by atomic mass is 19.1. The maximum Gasteiger partial charge on any atom is 0.415 e. The number of anilines is 2. The fraction of sp³-hybridized carbons (Fsp3) is 0.478. The molecular formula is C23H27FN6O6. The van der Waals surface area contributed by atoms with Crippen molar-refractivity contribution >= 4 is 30.1 Å². The first-order chi connectivity index (χ1) is 17.3. The molecule has 2 aromatic heterocycles. The number of ether oxygens (including phenoxy) is 2. The summed E-state index contributed by atoms with van der Waals surface area (Å²) in [6, 6.07) is 0. The van der Waals surface area contributed by atoms with Crippen LogP contribution in [0.1, 0.15) is 28.9 Å². The molecule has 1 aliphatic carbocycles. The van der Waals surface area contributed by atoms with Gasteiger partial charge in [-0.05, 0) is 63.2 Å². The molecular weight excluding hydrogens is 475 g/mol. The average molecular weight is 503 g/mol. The minimum atomic E-state index is -0.502. The monoisotopic (exact) mass is 502 g/mol. The largest absolute Gasteiger partial charge is 0.483 e. The Balaban J connectivity index is 0.000000967. The summed E-state index contributed by atoms with van der Waals surface area (Å²) in [4.78, 5) is 46.3. The zero-order valence-electron chi connectivity index (χ0n) is 19.9. The minimum Gasteiger partial charge on any atom is -0.483 e. The summed E-state index contributed by atoms with van der Waals surface area (Å²) >= 11 is 0. The van der Waals surface area contributed by atoms with E-state index in [2.05, 4.69) is 25.6 Å². The minimum absolute atomic E-state index is 0.111. The molecule has 13 heteroatoms. The van der Waals surface area contributed by atoms with Crippen LogP contribution in [0, 0.1) is 25.6 Å². The number of halogens is 1. The number of cyclic esters (lactones) is 1.